The number of halogens is 3. The molecule has 0 aliphatic carbocycles. The Morgan fingerprint density at radius 1 is 1.38 bits per heavy atom. The van der Waals surface area contributed by atoms with E-state index in [4.69, 9.17) is 5.73 Å². The van der Waals surface area contributed by atoms with Crippen LogP contribution in [-0.2, 0) is 6.18 Å². The maximum absolute atomic E-state index is 12.7. The summed E-state index contributed by atoms with van der Waals surface area (Å²) < 4.78 is 38.2. The predicted molar refractivity (Wildman–Crippen MR) is 73.8 cm³/mol. The summed E-state index contributed by atoms with van der Waals surface area (Å²) in [6.45, 7) is 2.36. The molecule has 21 heavy (non-hydrogen) atoms. The first-order valence-corrected chi connectivity index (χ1v) is 7.04. The summed E-state index contributed by atoms with van der Waals surface area (Å²) in [5.41, 5.74) is 5.16. The summed E-state index contributed by atoms with van der Waals surface area (Å²) >= 11 is 0. The second-order valence-corrected chi connectivity index (χ2v) is 5.50. The van der Waals surface area contributed by atoms with E-state index in [1.165, 1.54) is 12.1 Å². The van der Waals surface area contributed by atoms with Crippen LogP contribution in [0, 0.1) is 0 Å². The first-order chi connectivity index (χ1) is 9.80. The Hall–Kier alpha value is -1.56. The fraction of sp³-hybridized carbons (Fsp3) is 0.533. The van der Waals surface area contributed by atoms with Crippen LogP contribution in [0.15, 0.2) is 24.3 Å². The van der Waals surface area contributed by atoms with Gasteiger partial charge in [-0.1, -0.05) is 6.07 Å². The Kier molecular flexibility index (Phi) is 4.56. The van der Waals surface area contributed by atoms with Crippen molar-refractivity contribution < 1.29 is 18.0 Å². The van der Waals surface area contributed by atoms with E-state index >= 15 is 0 Å². The lowest BCUT2D eigenvalue weighted by Crippen LogP contribution is -2.51. The van der Waals surface area contributed by atoms with Gasteiger partial charge in [-0.05, 0) is 44.4 Å². The van der Waals surface area contributed by atoms with Crippen LogP contribution in [0.25, 0.3) is 0 Å². The van der Waals surface area contributed by atoms with Crippen LogP contribution in [-0.4, -0.2) is 29.4 Å². The van der Waals surface area contributed by atoms with Crippen molar-refractivity contribution in [1.29, 1.82) is 0 Å². The van der Waals surface area contributed by atoms with Crippen LogP contribution in [0.5, 0.6) is 0 Å². The maximum atomic E-state index is 12.7. The van der Waals surface area contributed by atoms with Crippen molar-refractivity contribution in [3.63, 3.8) is 0 Å². The molecule has 6 heteroatoms. The molecular formula is C15H19F3N2O. The molecule has 0 aromatic heterocycles. The first-order valence-electron chi connectivity index (χ1n) is 7.04. The van der Waals surface area contributed by atoms with E-state index in [2.05, 4.69) is 0 Å². The van der Waals surface area contributed by atoms with Gasteiger partial charge >= 0.3 is 6.18 Å². The van der Waals surface area contributed by atoms with Crippen molar-refractivity contribution in [3.8, 4) is 0 Å². The average Bonchev–Trinajstić information content (AvgIpc) is 2.45. The largest absolute Gasteiger partial charge is 0.416 e. The molecule has 1 aliphatic rings. The number of likely N-dealkylation sites (tertiary alicyclic amines) is 1. The minimum atomic E-state index is -4.45. The third-order valence-electron chi connectivity index (χ3n) is 3.85. The van der Waals surface area contributed by atoms with Gasteiger partial charge in [0.15, 0.2) is 0 Å². The predicted octanol–water partition coefficient (Wildman–Crippen LogP) is 3.05. The Morgan fingerprint density at radius 3 is 2.71 bits per heavy atom. The van der Waals surface area contributed by atoms with Crippen molar-refractivity contribution in [2.45, 2.75) is 44.4 Å². The SMILES string of the molecule is CC(N)C1CCCCN1C(=O)c1cccc(C(F)(F)F)c1. The van der Waals surface area contributed by atoms with Crippen LogP contribution in [0.1, 0.15) is 42.1 Å². The van der Waals surface area contributed by atoms with Gasteiger partial charge in [0.05, 0.1) is 5.56 Å². The Labute approximate surface area is 121 Å². The van der Waals surface area contributed by atoms with E-state index < -0.39 is 11.7 Å². The molecule has 2 atom stereocenters. The normalized spacial score (nSPS) is 21.2. The molecule has 1 aromatic rings. The van der Waals surface area contributed by atoms with Crippen LogP contribution in [0.3, 0.4) is 0 Å². The lowest BCUT2D eigenvalue weighted by molar-refractivity contribution is -0.137. The lowest BCUT2D eigenvalue weighted by atomic mass is 9.96. The molecule has 0 radical (unpaired) electrons. The number of amides is 1. The van der Waals surface area contributed by atoms with Gasteiger partial charge in [0.25, 0.3) is 5.91 Å². The maximum Gasteiger partial charge on any atom is 0.416 e. The van der Waals surface area contributed by atoms with Gasteiger partial charge in [0.1, 0.15) is 0 Å². The number of alkyl halides is 3. The zero-order valence-electron chi connectivity index (χ0n) is 11.9. The number of hydrogen-bond donors (Lipinski definition) is 1. The van der Waals surface area contributed by atoms with Crippen molar-refractivity contribution in [1.82, 2.24) is 4.90 Å². The first kappa shape index (κ1) is 15.8. The molecular weight excluding hydrogens is 281 g/mol. The van der Waals surface area contributed by atoms with Crippen LogP contribution in [0.2, 0.25) is 0 Å². The molecule has 2 unspecified atom stereocenters. The zero-order valence-corrected chi connectivity index (χ0v) is 11.9. The summed E-state index contributed by atoms with van der Waals surface area (Å²) in [6, 6.07) is 4.26. The minimum absolute atomic E-state index is 0.0670. The standard InChI is InChI=1S/C15H19F3N2O/c1-10(19)13-7-2-3-8-20(13)14(21)11-5-4-6-12(9-11)15(16,17)18/h4-6,9-10,13H,2-3,7-8,19H2,1H3. The molecule has 1 amide bonds. The summed E-state index contributed by atoms with van der Waals surface area (Å²) in [4.78, 5) is 14.1. The molecule has 3 nitrogen and oxygen atoms in total. The topological polar surface area (TPSA) is 46.3 Å². The van der Waals surface area contributed by atoms with Gasteiger partial charge in [0, 0.05) is 24.2 Å². The number of carbonyl (C=O) groups excluding carboxylic acids is 1. The van der Waals surface area contributed by atoms with Gasteiger partial charge < -0.3 is 10.6 Å². The highest BCUT2D eigenvalue weighted by Crippen LogP contribution is 2.30. The minimum Gasteiger partial charge on any atom is -0.334 e. The summed E-state index contributed by atoms with van der Waals surface area (Å²) in [5.74, 6) is -0.372. The number of rotatable bonds is 2. The van der Waals surface area contributed by atoms with Crippen molar-refractivity contribution in [2.75, 3.05) is 6.54 Å². The molecule has 2 N–H and O–H groups in total. The Bertz CT molecular complexity index is 514. The van der Waals surface area contributed by atoms with Crippen LogP contribution >= 0.6 is 0 Å². The van der Waals surface area contributed by atoms with Gasteiger partial charge in [-0.2, -0.15) is 13.2 Å². The van der Waals surface area contributed by atoms with E-state index in [9.17, 15) is 18.0 Å². The molecule has 0 spiro atoms. The summed E-state index contributed by atoms with van der Waals surface area (Å²) in [6.07, 6.45) is -1.81. The number of hydrogen-bond acceptors (Lipinski definition) is 2. The average molecular weight is 300 g/mol. The number of piperidine rings is 1. The third-order valence-corrected chi connectivity index (χ3v) is 3.85. The molecule has 2 rings (SSSR count). The molecule has 1 saturated heterocycles. The fourth-order valence-electron chi connectivity index (χ4n) is 2.75. The monoisotopic (exact) mass is 300 g/mol. The summed E-state index contributed by atoms with van der Waals surface area (Å²) in [5, 5.41) is 0. The Balaban J connectivity index is 2.26. The number of carbonyl (C=O) groups is 1. The van der Waals surface area contributed by atoms with Gasteiger partial charge in [0.2, 0.25) is 0 Å². The fourth-order valence-corrected chi connectivity index (χ4v) is 2.75. The Morgan fingerprint density at radius 2 is 2.10 bits per heavy atom. The van der Waals surface area contributed by atoms with E-state index in [1.54, 1.807) is 4.90 Å². The summed E-state index contributed by atoms with van der Waals surface area (Å²) in [7, 11) is 0. The zero-order chi connectivity index (χ0) is 15.6. The smallest absolute Gasteiger partial charge is 0.334 e. The van der Waals surface area contributed by atoms with Crippen molar-refractivity contribution >= 4 is 5.91 Å². The molecule has 1 aromatic carbocycles. The third kappa shape index (κ3) is 3.56. The highest BCUT2D eigenvalue weighted by atomic mass is 19.4. The molecule has 116 valence electrons. The van der Waals surface area contributed by atoms with Crippen molar-refractivity contribution in [3.05, 3.63) is 35.4 Å². The quantitative estimate of drug-likeness (QED) is 0.912. The highest BCUT2D eigenvalue weighted by Gasteiger charge is 2.33. The van der Waals surface area contributed by atoms with Crippen molar-refractivity contribution in [2.24, 2.45) is 5.73 Å². The van der Waals surface area contributed by atoms with Gasteiger partial charge in [-0.25, -0.2) is 0 Å². The van der Waals surface area contributed by atoms with E-state index in [0.717, 1.165) is 31.4 Å². The second kappa shape index (κ2) is 6.05. The molecule has 1 fully saturated rings. The van der Waals surface area contributed by atoms with Gasteiger partial charge in [-0.3, -0.25) is 4.79 Å². The van der Waals surface area contributed by atoms with Gasteiger partial charge in [-0.15, -0.1) is 0 Å². The molecule has 1 aliphatic heterocycles. The van der Waals surface area contributed by atoms with E-state index in [1.807, 2.05) is 6.92 Å². The van der Waals surface area contributed by atoms with Crippen LogP contribution < -0.4 is 5.73 Å². The molecule has 0 bridgehead atoms. The number of benzene rings is 1. The number of nitrogens with zero attached hydrogens (tertiary/aromatic N) is 1. The van der Waals surface area contributed by atoms with Crippen LogP contribution in [0.4, 0.5) is 13.2 Å². The second-order valence-electron chi connectivity index (χ2n) is 5.50. The highest BCUT2D eigenvalue weighted by molar-refractivity contribution is 5.94. The molecule has 0 saturated carbocycles. The number of nitrogens with two attached hydrogens (primary N) is 1. The van der Waals surface area contributed by atoms with E-state index in [0.29, 0.717) is 6.54 Å². The lowest BCUT2D eigenvalue weighted by Gasteiger charge is -2.38. The van der Waals surface area contributed by atoms with E-state index in [-0.39, 0.29) is 23.6 Å². The molecule has 1 heterocycles.